The van der Waals surface area contributed by atoms with E-state index >= 15 is 0 Å². The van der Waals surface area contributed by atoms with Crippen molar-refractivity contribution in [3.8, 4) is 11.5 Å². The van der Waals surface area contributed by atoms with Gasteiger partial charge in [-0.2, -0.15) is 0 Å². The zero-order valence-electron chi connectivity index (χ0n) is 14.9. The number of amides is 1. The first-order valence-corrected chi connectivity index (χ1v) is 9.63. The quantitative estimate of drug-likeness (QED) is 0.499. The fourth-order valence-electron chi connectivity index (χ4n) is 5.78. The largest absolute Gasteiger partial charge is 0.454 e. The van der Waals surface area contributed by atoms with E-state index in [1.54, 1.807) is 6.07 Å². The molecule has 1 aromatic rings. The summed E-state index contributed by atoms with van der Waals surface area (Å²) in [4.78, 5) is 23.4. The number of hydrogen-bond donors (Lipinski definition) is 1. The zero-order chi connectivity index (χ0) is 18.5. The van der Waals surface area contributed by atoms with Crippen LogP contribution in [0.15, 0.2) is 18.2 Å². The van der Waals surface area contributed by atoms with Crippen molar-refractivity contribution in [1.29, 1.82) is 0 Å². The number of nitro groups is 1. The van der Waals surface area contributed by atoms with Crippen molar-refractivity contribution in [1.82, 2.24) is 5.32 Å². The Labute approximate surface area is 156 Å². The van der Waals surface area contributed by atoms with E-state index in [9.17, 15) is 14.9 Å². The van der Waals surface area contributed by atoms with Gasteiger partial charge in [-0.05, 0) is 67.9 Å². The average Bonchev–Trinajstić information content (AvgIpc) is 3.09. The molecule has 0 spiro atoms. The second kappa shape index (κ2) is 6.25. The van der Waals surface area contributed by atoms with Gasteiger partial charge in [0.15, 0.2) is 11.5 Å². The fraction of sp³-hybridized carbons (Fsp3) is 0.550. The van der Waals surface area contributed by atoms with Gasteiger partial charge in [0.25, 0.3) is 5.69 Å². The number of carbonyl (C=O) groups is 1. The molecule has 4 saturated carbocycles. The number of nitrogens with one attached hydrogen (secondary N) is 1. The number of hydrogen-bond acceptors (Lipinski definition) is 5. The molecule has 1 aromatic carbocycles. The van der Waals surface area contributed by atoms with Gasteiger partial charge >= 0.3 is 0 Å². The van der Waals surface area contributed by atoms with Crippen LogP contribution in [0.25, 0.3) is 6.08 Å². The number of nitrogens with zero attached hydrogens (tertiary/aromatic N) is 1. The highest BCUT2D eigenvalue weighted by molar-refractivity contribution is 5.92. The first kappa shape index (κ1) is 16.6. The van der Waals surface area contributed by atoms with Crippen molar-refractivity contribution in [2.24, 2.45) is 23.7 Å². The van der Waals surface area contributed by atoms with E-state index < -0.39 is 4.92 Å². The van der Waals surface area contributed by atoms with Crippen LogP contribution in [0.4, 0.5) is 5.69 Å². The molecule has 0 atom stereocenters. The van der Waals surface area contributed by atoms with E-state index in [0.29, 0.717) is 28.9 Å². The van der Waals surface area contributed by atoms with Crippen LogP contribution in [-0.4, -0.2) is 23.7 Å². The molecule has 1 heterocycles. The van der Waals surface area contributed by atoms with Crippen molar-refractivity contribution in [3.05, 3.63) is 33.9 Å². The lowest BCUT2D eigenvalue weighted by atomic mass is 9.54. The van der Waals surface area contributed by atoms with Gasteiger partial charge in [-0.3, -0.25) is 14.9 Å². The Morgan fingerprint density at radius 2 is 1.70 bits per heavy atom. The second-order valence-electron chi connectivity index (χ2n) is 8.32. The van der Waals surface area contributed by atoms with E-state index in [1.807, 2.05) is 0 Å². The summed E-state index contributed by atoms with van der Waals surface area (Å²) in [5, 5.41) is 14.5. The third kappa shape index (κ3) is 2.95. The SMILES string of the molecule is O=C(/C=C/c1cc2c(cc1[N+](=O)[O-])OCO2)NC1C2CC3CC(C2)CC1C3. The molecule has 142 valence electrons. The number of fused-ring (bicyclic) bond motifs is 1. The molecule has 27 heavy (non-hydrogen) atoms. The lowest BCUT2D eigenvalue weighted by molar-refractivity contribution is -0.385. The first-order valence-electron chi connectivity index (χ1n) is 9.63. The summed E-state index contributed by atoms with van der Waals surface area (Å²) < 4.78 is 10.5. The number of rotatable bonds is 4. The normalized spacial score (nSPS) is 32.8. The van der Waals surface area contributed by atoms with Crippen molar-refractivity contribution in [2.45, 2.75) is 38.1 Å². The zero-order valence-corrected chi connectivity index (χ0v) is 14.9. The highest BCUT2D eigenvalue weighted by Crippen LogP contribution is 2.53. The Hall–Kier alpha value is -2.57. The summed E-state index contributed by atoms with van der Waals surface area (Å²) >= 11 is 0. The maximum Gasteiger partial charge on any atom is 0.280 e. The maximum absolute atomic E-state index is 12.5. The van der Waals surface area contributed by atoms with E-state index in [-0.39, 0.29) is 24.4 Å². The molecule has 4 aliphatic carbocycles. The van der Waals surface area contributed by atoms with E-state index in [2.05, 4.69) is 5.32 Å². The molecule has 7 nitrogen and oxygen atoms in total. The molecule has 5 aliphatic rings. The summed E-state index contributed by atoms with van der Waals surface area (Å²) in [5.74, 6) is 3.54. The number of benzene rings is 1. The lowest BCUT2D eigenvalue weighted by Crippen LogP contribution is -2.55. The van der Waals surface area contributed by atoms with Crippen LogP contribution in [0.5, 0.6) is 11.5 Å². The van der Waals surface area contributed by atoms with Crippen molar-refractivity contribution < 1.29 is 19.2 Å². The highest BCUT2D eigenvalue weighted by Gasteiger charge is 2.48. The lowest BCUT2D eigenvalue weighted by Gasteiger charge is -2.54. The number of carbonyl (C=O) groups excluding carboxylic acids is 1. The van der Waals surface area contributed by atoms with Crippen LogP contribution in [0.1, 0.15) is 37.7 Å². The van der Waals surface area contributed by atoms with Gasteiger partial charge in [-0.25, -0.2) is 0 Å². The van der Waals surface area contributed by atoms with E-state index in [1.165, 1.54) is 50.3 Å². The minimum Gasteiger partial charge on any atom is -0.454 e. The molecule has 1 aliphatic heterocycles. The van der Waals surface area contributed by atoms with Crippen LogP contribution < -0.4 is 14.8 Å². The Bertz CT molecular complexity index is 806. The summed E-state index contributed by atoms with van der Waals surface area (Å²) in [6.07, 6.45) is 9.19. The van der Waals surface area contributed by atoms with Gasteiger partial charge in [0.1, 0.15) is 0 Å². The average molecular weight is 370 g/mol. The molecule has 1 N–H and O–H groups in total. The second-order valence-corrected chi connectivity index (χ2v) is 8.32. The van der Waals surface area contributed by atoms with E-state index in [4.69, 9.17) is 9.47 Å². The summed E-state index contributed by atoms with van der Waals surface area (Å²) in [6, 6.07) is 3.15. The predicted octanol–water partition coefficient (Wildman–Crippen LogP) is 3.28. The van der Waals surface area contributed by atoms with Crippen LogP contribution in [0, 0.1) is 33.8 Å². The Balaban J connectivity index is 1.31. The van der Waals surface area contributed by atoms with E-state index in [0.717, 1.165) is 11.8 Å². The van der Waals surface area contributed by atoms with Gasteiger partial charge in [0.05, 0.1) is 16.6 Å². The topological polar surface area (TPSA) is 90.7 Å². The summed E-state index contributed by atoms with van der Waals surface area (Å²) in [7, 11) is 0. The van der Waals surface area contributed by atoms with Crippen molar-refractivity contribution in [3.63, 3.8) is 0 Å². The van der Waals surface area contributed by atoms with Gasteiger partial charge in [-0.15, -0.1) is 0 Å². The minimum absolute atomic E-state index is 0.0482. The molecular formula is C20H22N2O5. The number of ether oxygens (including phenoxy) is 2. The first-order chi connectivity index (χ1) is 13.1. The minimum atomic E-state index is -0.475. The standard InChI is InChI=1S/C20H22N2O5/c23-19(21-20-14-4-11-3-12(6-14)7-15(20)5-11)2-1-13-8-17-18(27-10-26-17)9-16(13)22(24)25/h1-2,8-9,11-12,14-15,20H,3-7,10H2,(H,21,23)/b2-1+. The van der Waals surface area contributed by atoms with Gasteiger partial charge < -0.3 is 14.8 Å². The third-order valence-electron chi connectivity index (χ3n) is 6.67. The Morgan fingerprint density at radius 1 is 1.07 bits per heavy atom. The molecular weight excluding hydrogens is 348 g/mol. The third-order valence-corrected chi connectivity index (χ3v) is 6.67. The van der Waals surface area contributed by atoms with Gasteiger partial charge in [0.2, 0.25) is 12.7 Å². The van der Waals surface area contributed by atoms with Gasteiger partial charge in [0, 0.05) is 12.1 Å². The fourth-order valence-corrected chi connectivity index (χ4v) is 5.78. The molecule has 4 bridgehead atoms. The monoisotopic (exact) mass is 370 g/mol. The number of nitro benzene ring substituents is 1. The van der Waals surface area contributed by atoms with Crippen LogP contribution >= 0.6 is 0 Å². The molecule has 7 heteroatoms. The molecule has 0 aromatic heterocycles. The molecule has 4 fully saturated rings. The Kier molecular flexibility index (Phi) is 3.84. The summed E-state index contributed by atoms with van der Waals surface area (Å²) in [5.41, 5.74) is 0.238. The molecule has 1 amide bonds. The Morgan fingerprint density at radius 3 is 2.33 bits per heavy atom. The molecule has 0 saturated heterocycles. The van der Waals surface area contributed by atoms with Gasteiger partial charge in [-0.1, -0.05) is 0 Å². The van der Waals surface area contributed by atoms with Crippen LogP contribution in [-0.2, 0) is 4.79 Å². The molecule has 0 radical (unpaired) electrons. The highest BCUT2D eigenvalue weighted by atomic mass is 16.7. The maximum atomic E-state index is 12.5. The van der Waals surface area contributed by atoms with Crippen LogP contribution in [0.2, 0.25) is 0 Å². The van der Waals surface area contributed by atoms with Crippen molar-refractivity contribution >= 4 is 17.7 Å². The summed E-state index contributed by atoms with van der Waals surface area (Å²) in [6.45, 7) is 0.0482. The molecule has 0 unspecified atom stereocenters. The van der Waals surface area contributed by atoms with Crippen molar-refractivity contribution in [2.75, 3.05) is 6.79 Å². The predicted molar refractivity (Wildman–Crippen MR) is 97.2 cm³/mol. The van der Waals surface area contributed by atoms with Crippen LogP contribution in [0.3, 0.4) is 0 Å². The molecule has 6 rings (SSSR count). The smallest absolute Gasteiger partial charge is 0.280 e.